The first-order chi connectivity index (χ1) is 9.56. The van der Waals surface area contributed by atoms with Gasteiger partial charge in [0, 0.05) is 10.9 Å². The minimum Gasteiger partial charge on any atom is -0.320 e. The fourth-order valence-electron chi connectivity index (χ4n) is 2.37. The molecule has 108 valence electrons. The fourth-order valence-corrected chi connectivity index (χ4v) is 2.92. The fraction of sp³-hybridized carbons (Fsp3) is 0.467. The minimum atomic E-state index is -0.0566. The standard InChI is InChI=1S/C15H19ClN2OS/c1-10-2-3-13(16)8-12(10)9-14(19)18-15(20)11-4-6-17-7-5-11/h2-3,8,11,17H,4-7,9H2,1H3,(H,18,19,20). The number of piperidine rings is 1. The van der Waals surface area contributed by atoms with E-state index in [0.717, 1.165) is 37.1 Å². The Morgan fingerprint density at radius 1 is 1.45 bits per heavy atom. The summed E-state index contributed by atoms with van der Waals surface area (Å²) in [5, 5.41) is 6.81. The molecule has 0 aromatic heterocycles. The number of carbonyl (C=O) groups is 1. The Kier molecular flexibility index (Phi) is 5.52. The highest BCUT2D eigenvalue weighted by atomic mass is 35.5. The van der Waals surface area contributed by atoms with Crippen LogP contribution >= 0.6 is 23.8 Å². The number of aryl methyl sites for hydroxylation is 1. The third kappa shape index (κ3) is 4.27. The van der Waals surface area contributed by atoms with E-state index in [0.29, 0.717) is 22.3 Å². The van der Waals surface area contributed by atoms with E-state index in [-0.39, 0.29) is 5.91 Å². The van der Waals surface area contributed by atoms with Crippen molar-refractivity contribution in [2.24, 2.45) is 5.92 Å². The van der Waals surface area contributed by atoms with Crippen LogP contribution in [0.4, 0.5) is 0 Å². The van der Waals surface area contributed by atoms with E-state index < -0.39 is 0 Å². The molecule has 1 aromatic carbocycles. The molecule has 1 aliphatic rings. The van der Waals surface area contributed by atoms with Crippen molar-refractivity contribution in [3.8, 4) is 0 Å². The summed E-state index contributed by atoms with van der Waals surface area (Å²) >= 11 is 11.3. The van der Waals surface area contributed by atoms with E-state index in [1.165, 1.54) is 0 Å². The number of halogens is 1. The smallest absolute Gasteiger partial charge is 0.229 e. The lowest BCUT2D eigenvalue weighted by Gasteiger charge is -2.23. The number of amides is 1. The third-order valence-corrected chi connectivity index (χ3v) is 4.31. The van der Waals surface area contributed by atoms with Crippen molar-refractivity contribution in [3.05, 3.63) is 34.3 Å². The molecule has 20 heavy (non-hydrogen) atoms. The first-order valence-electron chi connectivity index (χ1n) is 6.85. The average molecular weight is 311 g/mol. The van der Waals surface area contributed by atoms with E-state index in [4.69, 9.17) is 23.8 Å². The first kappa shape index (κ1) is 15.4. The summed E-state index contributed by atoms with van der Waals surface area (Å²) < 4.78 is 0. The highest BCUT2D eigenvalue weighted by Crippen LogP contribution is 2.16. The van der Waals surface area contributed by atoms with Gasteiger partial charge in [0.15, 0.2) is 0 Å². The van der Waals surface area contributed by atoms with Crippen molar-refractivity contribution in [2.75, 3.05) is 13.1 Å². The Morgan fingerprint density at radius 3 is 2.85 bits per heavy atom. The summed E-state index contributed by atoms with van der Waals surface area (Å²) in [6.07, 6.45) is 2.31. The van der Waals surface area contributed by atoms with E-state index in [1.807, 2.05) is 25.1 Å². The van der Waals surface area contributed by atoms with Crippen LogP contribution in [0.5, 0.6) is 0 Å². The quantitative estimate of drug-likeness (QED) is 0.843. The molecule has 1 aromatic rings. The van der Waals surface area contributed by atoms with Gasteiger partial charge in [-0.2, -0.15) is 0 Å². The van der Waals surface area contributed by atoms with Crippen LogP contribution in [0, 0.1) is 12.8 Å². The van der Waals surface area contributed by atoms with Crippen LogP contribution in [0.15, 0.2) is 18.2 Å². The lowest BCUT2D eigenvalue weighted by Crippen LogP contribution is -2.40. The van der Waals surface area contributed by atoms with Crippen molar-refractivity contribution < 1.29 is 4.79 Å². The third-order valence-electron chi connectivity index (χ3n) is 3.63. The maximum absolute atomic E-state index is 12.1. The molecule has 2 rings (SSSR count). The Bertz CT molecular complexity index is 513. The van der Waals surface area contributed by atoms with Crippen LogP contribution < -0.4 is 10.6 Å². The Morgan fingerprint density at radius 2 is 2.15 bits per heavy atom. The monoisotopic (exact) mass is 310 g/mol. The van der Waals surface area contributed by atoms with Gasteiger partial charge in [0.05, 0.1) is 11.4 Å². The highest BCUT2D eigenvalue weighted by Gasteiger charge is 2.19. The van der Waals surface area contributed by atoms with Gasteiger partial charge in [0.1, 0.15) is 0 Å². The van der Waals surface area contributed by atoms with Gasteiger partial charge in [-0.3, -0.25) is 4.79 Å². The van der Waals surface area contributed by atoms with Gasteiger partial charge >= 0.3 is 0 Å². The van der Waals surface area contributed by atoms with Gasteiger partial charge in [0.2, 0.25) is 5.91 Å². The van der Waals surface area contributed by atoms with Crippen molar-refractivity contribution in [1.82, 2.24) is 10.6 Å². The van der Waals surface area contributed by atoms with E-state index in [2.05, 4.69) is 10.6 Å². The normalized spacial score (nSPS) is 15.9. The summed E-state index contributed by atoms with van der Waals surface area (Å²) in [4.78, 5) is 12.7. The zero-order valence-electron chi connectivity index (χ0n) is 11.5. The molecule has 2 N–H and O–H groups in total. The van der Waals surface area contributed by atoms with Crippen molar-refractivity contribution in [1.29, 1.82) is 0 Å². The highest BCUT2D eigenvalue weighted by molar-refractivity contribution is 7.80. The number of nitrogens with one attached hydrogen (secondary N) is 2. The summed E-state index contributed by atoms with van der Waals surface area (Å²) in [7, 11) is 0. The van der Waals surface area contributed by atoms with Gasteiger partial charge in [-0.15, -0.1) is 0 Å². The predicted molar refractivity (Wildman–Crippen MR) is 86.2 cm³/mol. The van der Waals surface area contributed by atoms with Gasteiger partial charge in [-0.05, 0) is 56.1 Å². The molecule has 5 heteroatoms. The van der Waals surface area contributed by atoms with E-state index >= 15 is 0 Å². The van der Waals surface area contributed by atoms with Gasteiger partial charge in [0.25, 0.3) is 0 Å². The maximum Gasteiger partial charge on any atom is 0.229 e. The maximum atomic E-state index is 12.1. The van der Waals surface area contributed by atoms with Crippen LogP contribution in [0.1, 0.15) is 24.0 Å². The molecule has 1 fully saturated rings. The second-order valence-electron chi connectivity index (χ2n) is 5.18. The zero-order valence-corrected chi connectivity index (χ0v) is 13.1. The number of hydrogen-bond donors (Lipinski definition) is 2. The van der Waals surface area contributed by atoms with Crippen LogP contribution in [-0.4, -0.2) is 24.0 Å². The van der Waals surface area contributed by atoms with Gasteiger partial charge in [-0.25, -0.2) is 0 Å². The molecular weight excluding hydrogens is 292 g/mol. The lowest BCUT2D eigenvalue weighted by atomic mass is 9.98. The molecule has 1 amide bonds. The molecule has 0 aliphatic carbocycles. The van der Waals surface area contributed by atoms with Gasteiger partial charge < -0.3 is 10.6 Å². The molecule has 0 saturated carbocycles. The molecule has 3 nitrogen and oxygen atoms in total. The first-order valence-corrected chi connectivity index (χ1v) is 7.64. The topological polar surface area (TPSA) is 41.1 Å². The molecule has 0 unspecified atom stereocenters. The molecular formula is C15H19ClN2OS. The molecule has 0 radical (unpaired) electrons. The van der Waals surface area contributed by atoms with Gasteiger partial charge in [-0.1, -0.05) is 29.9 Å². The number of rotatable bonds is 3. The van der Waals surface area contributed by atoms with E-state index in [9.17, 15) is 4.79 Å². The van der Waals surface area contributed by atoms with Crippen LogP contribution in [-0.2, 0) is 11.2 Å². The Balaban J connectivity index is 1.91. The van der Waals surface area contributed by atoms with Crippen molar-refractivity contribution in [2.45, 2.75) is 26.2 Å². The largest absolute Gasteiger partial charge is 0.320 e. The average Bonchev–Trinajstić information content (AvgIpc) is 2.43. The second kappa shape index (κ2) is 7.16. The number of benzene rings is 1. The number of hydrogen-bond acceptors (Lipinski definition) is 3. The van der Waals surface area contributed by atoms with Crippen LogP contribution in [0.2, 0.25) is 5.02 Å². The molecule has 1 saturated heterocycles. The minimum absolute atomic E-state index is 0.0566. The number of thiocarbonyl (C=S) groups is 1. The van der Waals surface area contributed by atoms with E-state index in [1.54, 1.807) is 0 Å². The molecule has 1 aliphatic heterocycles. The number of carbonyl (C=O) groups excluding carboxylic acids is 1. The summed E-state index contributed by atoms with van der Waals surface area (Å²) in [5.41, 5.74) is 2.01. The second-order valence-corrected chi connectivity index (χ2v) is 6.06. The summed E-state index contributed by atoms with van der Waals surface area (Å²) in [5.74, 6) is 0.259. The lowest BCUT2D eigenvalue weighted by molar-refractivity contribution is -0.119. The van der Waals surface area contributed by atoms with Crippen LogP contribution in [0.25, 0.3) is 0 Å². The molecule has 1 heterocycles. The Hall–Kier alpha value is -0.970. The predicted octanol–water partition coefficient (Wildman–Crippen LogP) is 2.63. The molecule has 0 spiro atoms. The van der Waals surface area contributed by atoms with Crippen LogP contribution in [0.3, 0.4) is 0 Å². The summed E-state index contributed by atoms with van der Waals surface area (Å²) in [6, 6.07) is 5.60. The summed E-state index contributed by atoms with van der Waals surface area (Å²) in [6.45, 7) is 3.91. The zero-order chi connectivity index (χ0) is 14.5. The van der Waals surface area contributed by atoms with Crippen molar-refractivity contribution >= 4 is 34.7 Å². The molecule has 0 bridgehead atoms. The molecule has 0 atom stereocenters. The van der Waals surface area contributed by atoms with Crippen molar-refractivity contribution in [3.63, 3.8) is 0 Å². The SMILES string of the molecule is Cc1ccc(Cl)cc1CC(=O)NC(=S)C1CCNCC1. The Labute approximate surface area is 130 Å².